The van der Waals surface area contributed by atoms with Gasteiger partial charge < -0.3 is 15.1 Å². The number of oxazole rings is 1. The van der Waals surface area contributed by atoms with Crippen molar-refractivity contribution >= 4 is 5.96 Å². The van der Waals surface area contributed by atoms with Crippen LogP contribution in [-0.2, 0) is 19.6 Å². The largest absolute Gasteiger partial charge is 0.444 e. The average molecular weight is 400 g/mol. The minimum absolute atomic E-state index is 0.519. The molecular formula is C23H24N6O. The molecule has 0 radical (unpaired) electrons. The van der Waals surface area contributed by atoms with E-state index in [2.05, 4.69) is 37.8 Å². The summed E-state index contributed by atoms with van der Waals surface area (Å²) >= 11 is 0. The van der Waals surface area contributed by atoms with E-state index < -0.39 is 0 Å². The molecule has 0 amide bonds. The van der Waals surface area contributed by atoms with Crippen molar-refractivity contribution in [2.75, 3.05) is 7.05 Å². The van der Waals surface area contributed by atoms with Crippen molar-refractivity contribution in [2.45, 2.75) is 19.6 Å². The SMILES string of the molecule is CN=C(NCc1coc(-c2ccccc2)n1)NCc1ccccc1Cn1cccn1. The highest BCUT2D eigenvalue weighted by Crippen LogP contribution is 2.17. The van der Waals surface area contributed by atoms with Gasteiger partial charge in [-0.3, -0.25) is 9.67 Å². The Kier molecular flexibility index (Phi) is 6.19. The molecule has 7 nitrogen and oxygen atoms in total. The molecule has 0 atom stereocenters. The molecule has 7 heteroatoms. The van der Waals surface area contributed by atoms with Gasteiger partial charge in [-0.15, -0.1) is 0 Å². The van der Waals surface area contributed by atoms with Gasteiger partial charge in [0.15, 0.2) is 5.96 Å². The first-order chi connectivity index (χ1) is 14.8. The Morgan fingerprint density at radius 3 is 2.50 bits per heavy atom. The summed E-state index contributed by atoms with van der Waals surface area (Å²) in [7, 11) is 1.75. The summed E-state index contributed by atoms with van der Waals surface area (Å²) in [5.74, 6) is 1.32. The smallest absolute Gasteiger partial charge is 0.226 e. The second-order valence-corrected chi connectivity index (χ2v) is 6.76. The van der Waals surface area contributed by atoms with Crippen LogP contribution in [0.1, 0.15) is 16.8 Å². The number of aliphatic imine (C=N–C) groups is 1. The lowest BCUT2D eigenvalue weighted by Crippen LogP contribution is -2.36. The Hall–Kier alpha value is -3.87. The average Bonchev–Trinajstić information content (AvgIpc) is 3.48. The van der Waals surface area contributed by atoms with Crippen LogP contribution < -0.4 is 10.6 Å². The minimum Gasteiger partial charge on any atom is -0.444 e. The molecule has 2 aromatic heterocycles. The maximum absolute atomic E-state index is 5.59. The van der Waals surface area contributed by atoms with Crippen molar-refractivity contribution in [3.8, 4) is 11.5 Å². The lowest BCUT2D eigenvalue weighted by atomic mass is 10.1. The number of benzene rings is 2. The molecule has 0 unspecified atom stereocenters. The normalized spacial score (nSPS) is 11.4. The molecule has 2 aromatic carbocycles. The van der Waals surface area contributed by atoms with Gasteiger partial charge in [0.1, 0.15) is 6.26 Å². The minimum atomic E-state index is 0.519. The van der Waals surface area contributed by atoms with E-state index in [-0.39, 0.29) is 0 Å². The molecule has 0 bridgehead atoms. The van der Waals surface area contributed by atoms with Gasteiger partial charge in [-0.1, -0.05) is 42.5 Å². The summed E-state index contributed by atoms with van der Waals surface area (Å²) in [5, 5.41) is 10.9. The van der Waals surface area contributed by atoms with Crippen LogP contribution in [0.2, 0.25) is 0 Å². The summed E-state index contributed by atoms with van der Waals surface area (Å²) in [6, 6.07) is 20.1. The van der Waals surface area contributed by atoms with Crippen LogP contribution in [0.15, 0.2) is 88.7 Å². The lowest BCUT2D eigenvalue weighted by Gasteiger charge is -2.14. The fourth-order valence-electron chi connectivity index (χ4n) is 3.13. The molecule has 2 heterocycles. The number of aromatic nitrogens is 3. The quantitative estimate of drug-likeness (QED) is 0.367. The van der Waals surface area contributed by atoms with E-state index in [1.165, 1.54) is 11.1 Å². The Balaban J connectivity index is 1.33. The second-order valence-electron chi connectivity index (χ2n) is 6.76. The highest BCUT2D eigenvalue weighted by atomic mass is 16.3. The molecule has 0 aliphatic heterocycles. The molecule has 0 aliphatic rings. The Morgan fingerprint density at radius 1 is 0.967 bits per heavy atom. The number of guanidine groups is 1. The van der Waals surface area contributed by atoms with Crippen LogP contribution in [0.4, 0.5) is 0 Å². The molecule has 0 saturated carbocycles. The second kappa shape index (κ2) is 9.56. The van der Waals surface area contributed by atoms with Crippen LogP contribution in [0, 0.1) is 0 Å². The summed E-state index contributed by atoms with van der Waals surface area (Å²) < 4.78 is 7.51. The van der Waals surface area contributed by atoms with Crippen molar-refractivity contribution in [2.24, 2.45) is 4.99 Å². The number of rotatable bonds is 7. The first-order valence-electron chi connectivity index (χ1n) is 9.80. The van der Waals surface area contributed by atoms with Gasteiger partial charge in [-0.05, 0) is 29.3 Å². The van der Waals surface area contributed by atoms with Crippen molar-refractivity contribution < 1.29 is 4.42 Å². The zero-order chi connectivity index (χ0) is 20.6. The molecule has 30 heavy (non-hydrogen) atoms. The summed E-state index contributed by atoms with van der Waals surface area (Å²) in [5.41, 5.74) is 4.19. The third-order valence-corrected chi connectivity index (χ3v) is 4.69. The van der Waals surface area contributed by atoms with Crippen LogP contribution in [0.25, 0.3) is 11.5 Å². The molecule has 0 aliphatic carbocycles. The number of nitrogens with one attached hydrogen (secondary N) is 2. The number of hydrogen-bond donors (Lipinski definition) is 2. The van der Waals surface area contributed by atoms with E-state index in [4.69, 9.17) is 4.42 Å². The molecular weight excluding hydrogens is 376 g/mol. The Bertz CT molecular complexity index is 1090. The summed E-state index contributed by atoms with van der Waals surface area (Å²) in [4.78, 5) is 8.85. The van der Waals surface area contributed by atoms with E-state index >= 15 is 0 Å². The topological polar surface area (TPSA) is 80.3 Å². The molecule has 0 saturated heterocycles. The maximum Gasteiger partial charge on any atom is 0.226 e. The van der Waals surface area contributed by atoms with E-state index in [0.29, 0.717) is 24.9 Å². The lowest BCUT2D eigenvalue weighted by molar-refractivity contribution is 0.572. The molecule has 152 valence electrons. The summed E-state index contributed by atoms with van der Waals surface area (Å²) in [6.07, 6.45) is 5.42. The van der Waals surface area contributed by atoms with E-state index in [9.17, 15) is 0 Å². The van der Waals surface area contributed by atoms with Gasteiger partial charge in [0, 0.05) is 31.5 Å². The van der Waals surface area contributed by atoms with E-state index in [1.807, 2.05) is 59.4 Å². The first kappa shape index (κ1) is 19.4. The zero-order valence-corrected chi connectivity index (χ0v) is 16.8. The molecule has 4 aromatic rings. The molecule has 0 spiro atoms. The van der Waals surface area contributed by atoms with Crippen molar-refractivity contribution in [3.05, 3.63) is 96.1 Å². The van der Waals surface area contributed by atoms with Crippen molar-refractivity contribution in [1.82, 2.24) is 25.4 Å². The van der Waals surface area contributed by atoms with Gasteiger partial charge >= 0.3 is 0 Å². The Labute approximate surface area is 175 Å². The summed E-state index contributed by atoms with van der Waals surface area (Å²) in [6.45, 7) is 1.91. The van der Waals surface area contributed by atoms with Crippen LogP contribution in [-0.4, -0.2) is 27.8 Å². The van der Waals surface area contributed by atoms with Crippen LogP contribution in [0.3, 0.4) is 0 Å². The predicted octanol–water partition coefficient (Wildman–Crippen LogP) is 3.45. The van der Waals surface area contributed by atoms with Crippen LogP contribution in [0.5, 0.6) is 0 Å². The molecule has 4 rings (SSSR count). The predicted molar refractivity (Wildman–Crippen MR) is 117 cm³/mol. The fraction of sp³-hybridized carbons (Fsp3) is 0.174. The third kappa shape index (κ3) is 4.94. The molecule has 2 N–H and O–H groups in total. The highest BCUT2D eigenvalue weighted by Gasteiger charge is 2.08. The van der Waals surface area contributed by atoms with Gasteiger partial charge in [0.25, 0.3) is 0 Å². The first-order valence-corrected chi connectivity index (χ1v) is 9.80. The van der Waals surface area contributed by atoms with Crippen molar-refractivity contribution in [3.63, 3.8) is 0 Å². The van der Waals surface area contributed by atoms with Gasteiger partial charge in [0.05, 0.1) is 18.8 Å². The van der Waals surface area contributed by atoms with Gasteiger partial charge in [-0.2, -0.15) is 5.10 Å². The van der Waals surface area contributed by atoms with E-state index in [0.717, 1.165) is 17.8 Å². The molecule has 0 fully saturated rings. The monoisotopic (exact) mass is 400 g/mol. The van der Waals surface area contributed by atoms with Gasteiger partial charge in [0.2, 0.25) is 5.89 Å². The van der Waals surface area contributed by atoms with Crippen LogP contribution >= 0.6 is 0 Å². The van der Waals surface area contributed by atoms with Crippen molar-refractivity contribution in [1.29, 1.82) is 0 Å². The third-order valence-electron chi connectivity index (χ3n) is 4.69. The number of nitrogens with zero attached hydrogens (tertiary/aromatic N) is 4. The zero-order valence-electron chi connectivity index (χ0n) is 16.8. The number of hydrogen-bond acceptors (Lipinski definition) is 4. The Morgan fingerprint density at radius 2 is 1.73 bits per heavy atom. The fourth-order valence-corrected chi connectivity index (χ4v) is 3.13. The maximum atomic E-state index is 5.59. The van der Waals surface area contributed by atoms with Gasteiger partial charge in [-0.25, -0.2) is 4.98 Å². The van der Waals surface area contributed by atoms with E-state index in [1.54, 1.807) is 19.5 Å². The highest BCUT2D eigenvalue weighted by molar-refractivity contribution is 5.79. The standard InChI is InChI=1S/C23H24N6O/c1-24-23(26-15-21-17-30-22(28-21)18-8-3-2-4-9-18)25-14-19-10-5-6-11-20(19)16-29-13-7-12-27-29/h2-13,17H,14-16H2,1H3,(H2,24,25,26).